The summed E-state index contributed by atoms with van der Waals surface area (Å²) in [6.45, 7) is 2.13. The van der Waals surface area contributed by atoms with E-state index in [0.29, 0.717) is 30.1 Å². The number of benzene rings is 2. The van der Waals surface area contributed by atoms with Crippen LogP contribution >= 0.6 is 11.6 Å². The van der Waals surface area contributed by atoms with Crippen LogP contribution in [0.15, 0.2) is 54.6 Å². The molecular formula is C23H26ClN3O2. The Bertz CT molecular complexity index is 887. The highest BCUT2D eigenvalue weighted by Crippen LogP contribution is 2.44. The third-order valence-corrected chi connectivity index (χ3v) is 6.70. The number of likely N-dealkylation sites (tertiary alicyclic amines) is 2. The number of hydrogen-bond donors (Lipinski definition) is 1. The molecule has 6 heteroatoms. The molecule has 0 spiro atoms. The van der Waals surface area contributed by atoms with Crippen molar-refractivity contribution < 1.29 is 9.59 Å². The number of carbonyl (C=O) groups excluding carboxylic acids is 2. The summed E-state index contributed by atoms with van der Waals surface area (Å²) < 4.78 is 0. The second-order valence-electron chi connectivity index (χ2n) is 8.06. The van der Waals surface area contributed by atoms with E-state index in [1.165, 1.54) is 0 Å². The van der Waals surface area contributed by atoms with Gasteiger partial charge in [0.1, 0.15) is 0 Å². The van der Waals surface area contributed by atoms with Gasteiger partial charge in [0, 0.05) is 35.4 Å². The van der Waals surface area contributed by atoms with Crippen LogP contribution in [-0.2, 0) is 4.79 Å². The molecule has 0 aliphatic carbocycles. The number of para-hydroxylation sites is 1. The van der Waals surface area contributed by atoms with Crippen LogP contribution in [0.3, 0.4) is 0 Å². The molecule has 0 bridgehead atoms. The van der Waals surface area contributed by atoms with Gasteiger partial charge in [0.15, 0.2) is 0 Å². The Kier molecular flexibility index (Phi) is 5.61. The minimum absolute atomic E-state index is 0.00270. The van der Waals surface area contributed by atoms with Gasteiger partial charge in [-0.25, -0.2) is 0 Å². The molecule has 5 nitrogen and oxygen atoms in total. The van der Waals surface area contributed by atoms with Crippen LogP contribution in [0.4, 0.5) is 5.69 Å². The van der Waals surface area contributed by atoms with E-state index < -0.39 is 5.41 Å². The van der Waals surface area contributed by atoms with Gasteiger partial charge in [-0.3, -0.25) is 9.59 Å². The third kappa shape index (κ3) is 3.89. The number of nitrogens with one attached hydrogen (secondary N) is 1. The van der Waals surface area contributed by atoms with Crippen LogP contribution in [0, 0.1) is 5.41 Å². The first-order valence-corrected chi connectivity index (χ1v) is 10.5. The molecule has 2 amide bonds. The zero-order valence-electron chi connectivity index (χ0n) is 16.6. The molecule has 1 N–H and O–H groups in total. The smallest absolute Gasteiger partial charge is 0.253 e. The van der Waals surface area contributed by atoms with Crippen molar-refractivity contribution >= 4 is 29.1 Å². The molecule has 2 fully saturated rings. The van der Waals surface area contributed by atoms with Crippen molar-refractivity contribution in [3.05, 3.63) is 65.2 Å². The van der Waals surface area contributed by atoms with E-state index in [0.717, 1.165) is 25.1 Å². The summed E-state index contributed by atoms with van der Waals surface area (Å²) in [5.74, 6) is 0.0711. The minimum atomic E-state index is -0.473. The Balaban J connectivity index is 1.54. The maximum Gasteiger partial charge on any atom is 0.253 e. The SMILES string of the molecule is CN1CC[C@]2(C(=O)Nc3ccccc3)CCN(C(=O)c3ccc(Cl)cc3)CC[C@H]12. The Morgan fingerprint density at radius 2 is 1.69 bits per heavy atom. The average Bonchev–Trinajstić information content (AvgIpc) is 2.93. The second-order valence-corrected chi connectivity index (χ2v) is 8.50. The molecule has 2 aliphatic rings. The second kappa shape index (κ2) is 8.17. The van der Waals surface area contributed by atoms with Crippen LogP contribution in [-0.4, -0.2) is 54.3 Å². The van der Waals surface area contributed by atoms with Crippen LogP contribution in [0.1, 0.15) is 29.6 Å². The fourth-order valence-electron chi connectivity index (χ4n) is 4.77. The molecule has 0 unspecified atom stereocenters. The van der Waals surface area contributed by atoms with E-state index >= 15 is 0 Å². The van der Waals surface area contributed by atoms with Crippen LogP contribution in [0.5, 0.6) is 0 Å². The highest BCUT2D eigenvalue weighted by molar-refractivity contribution is 6.30. The van der Waals surface area contributed by atoms with Crippen molar-refractivity contribution in [2.75, 3.05) is 32.0 Å². The summed E-state index contributed by atoms with van der Waals surface area (Å²) in [5, 5.41) is 3.74. The van der Waals surface area contributed by atoms with Crippen LogP contribution in [0.25, 0.3) is 0 Å². The van der Waals surface area contributed by atoms with Gasteiger partial charge in [-0.1, -0.05) is 29.8 Å². The molecule has 2 aromatic rings. The van der Waals surface area contributed by atoms with Gasteiger partial charge < -0.3 is 15.1 Å². The first-order chi connectivity index (χ1) is 14.0. The molecule has 4 rings (SSSR count). The average molecular weight is 412 g/mol. The molecule has 2 heterocycles. The number of anilines is 1. The summed E-state index contributed by atoms with van der Waals surface area (Å²) in [7, 11) is 2.08. The number of carbonyl (C=O) groups is 2. The molecule has 2 saturated heterocycles. The van der Waals surface area contributed by atoms with Crippen molar-refractivity contribution in [1.82, 2.24) is 9.80 Å². The first-order valence-electron chi connectivity index (χ1n) is 10.1. The van der Waals surface area contributed by atoms with Gasteiger partial charge in [0.2, 0.25) is 5.91 Å². The monoisotopic (exact) mass is 411 g/mol. The van der Waals surface area contributed by atoms with Gasteiger partial charge in [0.05, 0.1) is 5.41 Å². The van der Waals surface area contributed by atoms with E-state index in [4.69, 9.17) is 11.6 Å². The summed E-state index contributed by atoms with van der Waals surface area (Å²) in [5.41, 5.74) is 0.982. The fourth-order valence-corrected chi connectivity index (χ4v) is 4.89. The molecule has 0 aromatic heterocycles. The lowest BCUT2D eigenvalue weighted by atomic mass is 9.75. The Morgan fingerprint density at radius 3 is 2.41 bits per heavy atom. The van der Waals surface area contributed by atoms with E-state index in [1.807, 2.05) is 35.2 Å². The topological polar surface area (TPSA) is 52.7 Å². The van der Waals surface area contributed by atoms with E-state index in [1.54, 1.807) is 24.3 Å². The van der Waals surface area contributed by atoms with E-state index in [9.17, 15) is 9.59 Å². The maximum absolute atomic E-state index is 13.4. The number of hydrogen-bond acceptors (Lipinski definition) is 3. The molecule has 2 atom stereocenters. The van der Waals surface area contributed by atoms with Crippen molar-refractivity contribution in [3.8, 4) is 0 Å². The Labute approximate surface area is 176 Å². The van der Waals surface area contributed by atoms with Crippen molar-refractivity contribution in [3.63, 3.8) is 0 Å². The Morgan fingerprint density at radius 1 is 1.00 bits per heavy atom. The molecular weight excluding hydrogens is 386 g/mol. The van der Waals surface area contributed by atoms with Crippen LogP contribution < -0.4 is 5.32 Å². The van der Waals surface area contributed by atoms with Gasteiger partial charge in [-0.2, -0.15) is 0 Å². The summed E-state index contributed by atoms with van der Waals surface area (Å²) in [4.78, 5) is 30.6. The zero-order valence-corrected chi connectivity index (χ0v) is 17.4. The number of nitrogens with zero attached hydrogens (tertiary/aromatic N) is 2. The number of amides is 2. The van der Waals surface area contributed by atoms with Crippen molar-refractivity contribution in [2.45, 2.75) is 25.3 Å². The fraction of sp³-hybridized carbons (Fsp3) is 0.391. The number of fused-ring (bicyclic) bond motifs is 1. The molecule has 0 saturated carbocycles. The summed E-state index contributed by atoms with van der Waals surface area (Å²) in [6.07, 6.45) is 2.27. The highest BCUT2D eigenvalue weighted by atomic mass is 35.5. The minimum Gasteiger partial charge on any atom is -0.339 e. The molecule has 2 aromatic carbocycles. The lowest BCUT2D eigenvalue weighted by Crippen LogP contribution is -2.46. The Hall–Kier alpha value is -2.37. The van der Waals surface area contributed by atoms with Crippen molar-refractivity contribution in [2.24, 2.45) is 5.41 Å². The summed E-state index contributed by atoms with van der Waals surface area (Å²) in [6, 6.07) is 16.7. The quantitative estimate of drug-likeness (QED) is 0.833. The van der Waals surface area contributed by atoms with E-state index in [-0.39, 0.29) is 17.9 Å². The van der Waals surface area contributed by atoms with Crippen LogP contribution in [0.2, 0.25) is 5.02 Å². The molecule has 152 valence electrons. The third-order valence-electron chi connectivity index (χ3n) is 6.44. The first kappa shape index (κ1) is 19.9. The highest BCUT2D eigenvalue weighted by Gasteiger charge is 2.52. The zero-order chi connectivity index (χ0) is 20.4. The predicted molar refractivity (Wildman–Crippen MR) is 115 cm³/mol. The lowest BCUT2D eigenvalue weighted by molar-refractivity contribution is -0.127. The molecule has 0 radical (unpaired) electrons. The van der Waals surface area contributed by atoms with E-state index in [2.05, 4.69) is 17.3 Å². The number of halogens is 1. The normalized spacial score (nSPS) is 24.6. The van der Waals surface area contributed by atoms with Gasteiger partial charge in [-0.15, -0.1) is 0 Å². The largest absolute Gasteiger partial charge is 0.339 e. The standard InChI is InChI=1S/C23H26ClN3O2/c1-26-15-12-23(22(29)25-19-5-3-2-4-6-19)13-16-27(14-11-20(23)26)21(28)17-7-9-18(24)10-8-17/h2-10,20H,11-16H2,1H3,(H,25,29)/t20-,23-/m0/s1. The lowest BCUT2D eigenvalue weighted by Gasteiger charge is -2.34. The maximum atomic E-state index is 13.4. The molecule has 2 aliphatic heterocycles. The van der Waals surface area contributed by atoms with Gasteiger partial charge in [-0.05, 0) is 69.3 Å². The van der Waals surface area contributed by atoms with Crippen molar-refractivity contribution in [1.29, 1.82) is 0 Å². The summed E-state index contributed by atoms with van der Waals surface area (Å²) >= 11 is 5.95. The van der Waals surface area contributed by atoms with Gasteiger partial charge >= 0.3 is 0 Å². The van der Waals surface area contributed by atoms with Gasteiger partial charge in [0.25, 0.3) is 5.91 Å². The number of rotatable bonds is 3. The predicted octanol–water partition coefficient (Wildman–Crippen LogP) is 3.91. The molecule has 29 heavy (non-hydrogen) atoms.